The number of piperidine rings is 1. The van der Waals surface area contributed by atoms with Gasteiger partial charge >= 0.3 is 0 Å². The van der Waals surface area contributed by atoms with E-state index in [1.165, 1.54) is 0 Å². The van der Waals surface area contributed by atoms with Crippen molar-refractivity contribution in [3.05, 3.63) is 73.6 Å². The van der Waals surface area contributed by atoms with Crippen LogP contribution in [0, 0.1) is 9.49 Å². The van der Waals surface area contributed by atoms with Gasteiger partial charge in [0.25, 0.3) is 11.8 Å². The van der Waals surface area contributed by atoms with E-state index in [1.807, 2.05) is 35.0 Å². The molecule has 1 N–H and O–H groups in total. The van der Waals surface area contributed by atoms with Crippen molar-refractivity contribution in [1.82, 2.24) is 14.8 Å². The second-order valence-electron chi connectivity index (χ2n) is 8.58. The summed E-state index contributed by atoms with van der Waals surface area (Å²) in [6.07, 6.45) is 14.6. The summed E-state index contributed by atoms with van der Waals surface area (Å²) in [7, 11) is 1.82. The van der Waals surface area contributed by atoms with Gasteiger partial charge in [0.15, 0.2) is 0 Å². The van der Waals surface area contributed by atoms with E-state index in [0.29, 0.717) is 24.2 Å². The van der Waals surface area contributed by atoms with Crippen molar-refractivity contribution >= 4 is 62.1 Å². The van der Waals surface area contributed by atoms with Crippen molar-refractivity contribution in [3.63, 3.8) is 0 Å². The van der Waals surface area contributed by atoms with Gasteiger partial charge in [-0.15, -0.1) is 0 Å². The molecule has 34 heavy (non-hydrogen) atoms. The molecule has 1 saturated heterocycles. The summed E-state index contributed by atoms with van der Waals surface area (Å²) in [5.41, 5.74) is 3.08. The molecule has 178 valence electrons. The number of anilines is 1. The van der Waals surface area contributed by atoms with Gasteiger partial charge in [0.2, 0.25) is 0 Å². The summed E-state index contributed by atoms with van der Waals surface area (Å²) in [6.45, 7) is 2.79. The molecule has 0 spiro atoms. The maximum absolute atomic E-state index is 13.3. The van der Waals surface area contributed by atoms with Crippen LogP contribution >= 0.6 is 38.5 Å². The maximum atomic E-state index is 13.3. The number of amides is 2. The van der Waals surface area contributed by atoms with Gasteiger partial charge in [0.05, 0.1) is 11.3 Å². The zero-order chi connectivity index (χ0) is 24.1. The van der Waals surface area contributed by atoms with Gasteiger partial charge in [0, 0.05) is 64.8 Å². The number of nitrogens with one attached hydrogen (secondary N) is 1. The zero-order valence-corrected chi connectivity index (χ0v) is 22.9. The lowest BCUT2D eigenvalue weighted by Gasteiger charge is -2.31. The highest BCUT2D eigenvalue weighted by Gasteiger charge is 2.25. The fourth-order valence-electron chi connectivity index (χ4n) is 4.39. The molecule has 2 aliphatic rings. The molecule has 0 saturated carbocycles. The molecule has 6 nitrogen and oxygen atoms in total. The number of carbonyl (C=O) groups is 2. The molecule has 8 heteroatoms. The quantitative estimate of drug-likeness (QED) is 0.351. The number of hydrogen-bond donors (Lipinski definition) is 1. The number of hydrogen-bond acceptors (Lipinski definition) is 4. The highest BCUT2D eigenvalue weighted by Crippen LogP contribution is 2.28. The van der Waals surface area contributed by atoms with Gasteiger partial charge in [-0.2, -0.15) is 0 Å². The van der Waals surface area contributed by atoms with Crippen molar-refractivity contribution in [2.75, 3.05) is 38.5 Å². The zero-order valence-electron chi connectivity index (χ0n) is 19.1. The number of likely N-dealkylation sites (tertiary alicyclic amines) is 1. The van der Waals surface area contributed by atoms with E-state index in [2.05, 4.69) is 73.1 Å². The minimum Gasteiger partial charge on any atom is -0.387 e. The van der Waals surface area contributed by atoms with E-state index < -0.39 is 0 Å². The average Bonchev–Trinajstić information content (AvgIpc) is 2.87. The Morgan fingerprint density at radius 2 is 2.00 bits per heavy atom. The third-order valence-electron chi connectivity index (χ3n) is 6.22. The Labute approximate surface area is 222 Å². The number of carbonyl (C=O) groups excluding carboxylic acids is 2. The average molecular weight is 635 g/mol. The summed E-state index contributed by atoms with van der Waals surface area (Å²) in [6, 6.07) is 5.79. The first-order valence-electron chi connectivity index (χ1n) is 11.5. The van der Waals surface area contributed by atoms with E-state index in [0.717, 1.165) is 51.6 Å². The predicted molar refractivity (Wildman–Crippen MR) is 148 cm³/mol. The molecule has 0 unspecified atom stereocenters. The van der Waals surface area contributed by atoms with E-state index in [1.54, 1.807) is 12.4 Å². The molecule has 0 bridgehead atoms. The summed E-state index contributed by atoms with van der Waals surface area (Å²) < 4.78 is 1.93. The molecule has 2 amide bonds. The van der Waals surface area contributed by atoms with Crippen LogP contribution in [0.2, 0.25) is 0 Å². The highest BCUT2D eigenvalue weighted by molar-refractivity contribution is 14.1. The van der Waals surface area contributed by atoms with E-state index in [9.17, 15) is 9.59 Å². The number of nitrogens with zero attached hydrogens (tertiary/aromatic N) is 3. The predicted octanol–water partition coefficient (Wildman–Crippen LogP) is 5.46. The minimum absolute atomic E-state index is 0.00921. The normalized spacial score (nSPS) is 18.4. The second kappa shape index (κ2) is 11.5. The summed E-state index contributed by atoms with van der Waals surface area (Å²) in [5.74, 6) is 0.300. The van der Waals surface area contributed by atoms with Crippen LogP contribution in [0.3, 0.4) is 0 Å². The molecule has 0 radical (unpaired) electrons. The van der Waals surface area contributed by atoms with Crippen molar-refractivity contribution in [1.29, 1.82) is 0 Å². The first-order valence-corrected chi connectivity index (χ1v) is 13.4. The number of rotatable bonds is 5. The van der Waals surface area contributed by atoms with Crippen molar-refractivity contribution in [2.24, 2.45) is 5.92 Å². The molecule has 0 aliphatic carbocycles. The van der Waals surface area contributed by atoms with E-state index in [-0.39, 0.29) is 17.7 Å². The maximum Gasteiger partial charge on any atom is 0.255 e. The first-order chi connectivity index (χ1) is 16.5. The molecule has 4 rings (SSSR count). The van der Waals surface area contributed by atoms with Gasteiger partial charge < -0.3 is 15.1 Å². The first kappa shape index (κ1) is 24.9. The van der Waals surface area contributed by atoms with Gasteiger partial charge in [0.1, 0.15) is 0 Å². The molecule has 1 aromatic carbocycles. The summed E-state index contributed by atoms with van der Waals surface area (Å²) >= 11 is 5.85. The molecule has 2 aliphatic heterocycles. The smallest absolute Gasteiger partial charge is 0.255 e. The molecule has 1 fully saturated rings. The lowest BCUT2D eigenvalue weighted by molar-refractivity contribution is 0.0695. The Balaban J connectivity index is 1.52. The Morgan fingerprint density at radius 3 is 2.76 bits per heavy atom. The topological polar surface area (TPSA) is 65.5 Å². The van der Waals surface area contributed by atoms with E-state index in [4.69, 9.17) is 0 Å². The molecular formula is C26H28BrIN4O2. The fourth-order valence-corrected chi connectivity index (χ4v) is 6.08. The van der Waals surface area contributed by atoms with Crippen molar-refractivity contribution in [2.45, 2.75) is 19.3 Å². The molecule has 1 aromatic heterocycles. The van der Waals surface area contributed by atoms with Gasteiger partial charge in [-0.25, -0.2) is 0 Å². The van der Waals surface area contributed by atoms with Gasteiger partial charge in [-0.1, -0.05) is 40.2 Å². The largest absolute Gasteiger partial charge is 0.387 e. The lowest BCUT2D eigenvalue weighted by atomic mass is 9.95. The van der Waals surface area contributed by atoms with Crippen molar-refractivity contribution < 1.29 is 9.59 Å². The number of aromatic nitrogens is 1. The third kappa shape index (κ3) is 5.89. The van der Waals surface area contributed by atoms with Crippen LogP contribution in [0.15, 0.2) is 53.3 Å². The lowest BCUT2D eigenvalue weighted by Crippen LogP contribution is -2.39. The van der Waals surface area contributed by atoms with Crippen LogP contribution in [0.25, 0.3) is 6.08 Å². The Kier molecular flexibility index (Phi) is 8.41. The SMILES string of the molecule is CNc1cncc(C(=O)N2CCC[C@@H](/C=C/c3c(I)cc(Br)cc3C(=O)N3CC=CCC3)C2)c1. The Bertz CT molecular complexity index is 1130. The number of halogens is 2. The number of pyridine rings is 1. The summed E-state index contributed by atoms with van der Waals surface area (Å²) in [5, 5.41) is 3.04. The Morgan fingerprint density at radius 1 is 1.15 bits per heavy atom. The van der Waals surface area contributed by atoms with Gasteiger partial charge in [-0.05, 0) is 66.0 Å². The molecular weight excluding hydrogens is 607 g/mol. The summed E-state index contributed by atoms with van der Waals surface area (Å²) in [4.78, 5) is 34.3. The minimum atomic E-state index is 0.00921. The van der Waals surface area contributed by atoms with Gasteiger partial charge in [-0.3, -0.25) is 14.6 Å². The van der Waals surface area contributed by atoms with Crippen LogP contribution in [0.1, 0.15) is 45.5 Å². The fraction of sp³-hybridized carbons (Fsp3) is 0.346. The van der Waals surface area contributed by atoms with Crippen LogP contribution in [-0.4, -0.2) is 59.8 Å². The standard InChI is InChI=1S/C26H28BrIN4O2/c1-29-21-12-19(15-30-16-21)25(33)32-11-5-6-18(17-32)7-8-22-23(13-20(27)14-24(22)28)26(34)31-9-3-2-4-10-31/h2-3,7-8,12-16,18,29H,4-6,9-11,17H2,1H3/b8-7+/t18-/m0/s1. The number of benzene rings is 1. The molecule has 2 aromatic rings. The van der Waals surface area contributed by atoms with Crippen LogP contribution in [-0.2, 0) is 0 Å². The van der Waals surface area contributed by atoms with Crippen LogP contribution in [0.5, 0.6) is 0 Å². The third-order valence-corrected chi connectivity index (χ3v) is 7.57. The molecule has 1 atom stereocenters. The van der Waals surface area contributed by atoms with Crippen LogP contribution in [0.4, 0.5) is 5.69 Å². The molecule has 3 heterocycles. The van der Waals surface area contributed by atoms with E-state index >= 15 is 0 Å². The monoisotopic (exact) mass is 634 g/mol. The highest BCUT2D eigenvalue weighted by atomic mass is 127. The van der Waals surface area contributed by atoms with Crippen molar-refractivity contribution in [3.8, 4) is 0 Å². The van der Waals surface area contributed by atoms with Crippen LogP contribution < -0.4 is 5.32 Å². The second-order valence-corrected chi connectivity index (χ2v) is 10.7. The Hall–Kier alpha value is -2.20.